The van der Waals surface area contributed by atoms with E-state index in [1.54, 1.807) is 24.3 Å². The van der Waals surface area contributed by atoms with Crippen LogP contribution >= 0.6 is 0 Å². The van der Waals surface area contributed by atoms with Gasteiger partial charge in [-0.3, -0.25) is 0 Å². The molecular formula is C17H27NO3S. The number of unbranched alkanes of at least 4 members (excludes halogenated alkanes) is 1. The molecule has 1 saturated carbocycles. The van der Waals surface area contributed by atoms with E-state index in [1.165, 1.54) is 6.42 Å². The lowest BCUT2D eigenvalue weighted by Crippen LogP contribution is -2.40. The number of sulfonamides is 1. The van der Waals surface area contributed by atoms with E-state index in [9.17, 15) is 8.42 Å². The van der Waals surface area contributed by atoms with E-state index in [-0.39, 0.29) is 6.04 Å². The van der Waals surface area contributed by atoms with Crippen molar-refractivity contribution in [1.29, 1.82) is 0 Å². The predicted octanol–water partition coefficient (Wildman–Crippen LogP) is 3.72. The van der Waals surface area contributed by atoms with Crippen LogP contribution in [0.1, 0.15) is 52.4 Å². The van der Waals surface area contributed by atoms with Crippen LogP contribution in [-0.2, 0) is 10.0 Å². The summed E-state index contributed by atoms with van der Waals surface area (Å²) in [4.78, 5) is 0.313. The summed E-state index contributed by atoms with van der Waals surface area (Å²) in [7, 11) is -3.44. The summed E-state index contributed by atoms with van der Waals surface area (Å²) in [6.45, 7) is 4.90. The van der Waals surface area contributed by atoms with Crippen molar-refractivity contribution in [2.45, 2.75) is 63.3 Å². The van der Waals surface area contributed by atoms with Gasteiger partial charge >= 0.3 is 0 Å². The van der Waals surface area contributed by atoms with Crippen molar-refractivity contribution in [1.82, 2.24) is 4.72 Å². The van der Waals surface area contributed by atoms with Crippen LogP contribution in [0, 0.1) is 5.92 Å². The summed E-state index contributed by atoms with van der Waals surface area (Å²) in [6.07, 6.45) is 6.40. The maximum absolute atomic E-state index is 12.5. The van der Waals surface area contributed by atoms with Crippen LogP contribution in [0.3, 0.4) is 0 Å². The molecule has 0 amide bonds. The minimum absolute atomic E-state index is 0.0548. The first-order valence-corrected chi connectivity index (χ1v) is 9.76. The Morgan fingerprint density at radius 3 is 2.50 bits per heavy atom. The van der Waals surface area contributed by atoms with Crippen LogP contribution in [0.2, 0.25) is 0 Å². The van der Waals surface area contributed by atoms with Gasteiger partial charge in [-0.15, -0.1) is 0 Å². The van der Waals surface area contributed by atoms with Crippen molar-refractivity contribution in [3.05, 3.63) is 24.3 Å². The van der Waals surface area contributed by atoms with E-state index in [0.29, 0.717) is 17.4 Å². The molecule has 0 aromatic heterocycles. The minimum atomic E-state index is -3.44. The molecule has 1 aromatic carbocycles. The van der Waals surface area contributed by atoms with Gasteiger partial charge in [0.15, 0.2) is 0 Å². The lowest BCUT2D eigenvalue weighted by molar-refractivity contribution is 0.308. The molecule has 2 atom stereocenters. The molecule has 1 aliphatic rings. The monoisotopic (exact) mass is 325 g/mol. The number of hydrogen-bond donors (Lipinski definition) is 1. The third-order valence-corrected chi connectivity index (χ3v) is 5.82. The van der Waals surface area contributed by atoms with Crippen molar-refractivity contribution in [3.63, 3.8) is 0 Å². The van der Waals surface area contributed by atoms with E-state index in [4.69, 9.17) is 4.74 Å². The molecule has 4 nitrogen and oxygen atoms in total. The number of ether oxygens (including phenoxy) is 1. The van der Waals surface area contributed by atoms with E-state index < -0.39 is 10.0 Å². The molecule has 2 unspecified atom stereocenters. The van der Waals surface area contributed by atoms with Crippen LogP contribution in [0.5, 0.6) is 5.75 Å². The minimum Gasteiger partial charge on any atom is -0.494 e. The molecule has 0 heterocycles. The largest absolute Gasteiger partial charge is 0.494 e. The zero-order valence-corrected chi connectivity index (χ0v) is 14.4. The Balaban J connectivity index is 1.99. The number of hydrogen-bond acceptors (Lipinski definition) is 3. The van der Waals surface area contributed by atoms with Gasteiger partial charge in [0.25, 0.3) is 0 Å². The maximum Gasteiger partial charge on any atom is 0.240 e. The summed E-state index contributed by atoms with van der Waals surface area (Å²) in [5.74, 6) is 1.12. The molecule has 0 bridgehead atoms. The van der Waals surface area contributed by atoms with Crippen molar-refractivity contribution < 1.29 is 13.2 Å². The Morgan fingerprint density at radius 2 is 1.86 bits per heavy atom. The molecular weight excluding hydrogens is 298 g/mol. The summed E-state index contributed by atoms with van der Waals surface area (Å²) in [5.41, 5.74) is 0. The van der Waals surface area contributed by atoms with Gasteiger partial charge in [0.2, 0.25) is 10.0 Å². The highest BCUT2D eigenvalue weighted by molar-refractivity contribution is 7.89. The van der Waals surface area contributed by atoms with E-state index in [2.05, 4.69) is 18.6 Å². The predicted molar refractivity (Wildman–Crippen MR) is 88.6 cm³/mol. The molecule has 0 saturated heterocycles. The Labute approximate surface area is 134 Å². The third kappa shape index (κ3) is 4.71. The van der Waals surface area contributed by atoms with Crippen LogP contribution in [-0.4, -0.2) is 21.1 Å². The van der Waals surface area contributed by atoms with Crippen molar-refractivity contribution >= 4 is 10.0 Å². The third-order valence-electron chi connectivity index (χ3n) is 4.32. The van der Waals surface area contributed by atoms with Gasteiger partial charge in [0.05, 0.1) is 11.5 Å². The molecule has 0 radical (unpaired) electrons. The normalized spacial score (nSPS) is 22.5. The molecule has 0 aliphatic heterocycles. The highest BCUT2D eigenvalue weighted by atomic mass is 32.2. The standard InChI is InChI=1S/C17H27NO3S/c1-3-4-13-21-15-9-11-16(12-10-15)22(19,20)18-17-8-6-5-7-14(17)2/h9-12,14,17-18H,3-8,13H2,1-2H3. The zero-order valence-electron chi connectivity index (χ0n) is 13.5. The molecule has 1 aromatic rings. The first kappa shape index (κ1) is 17.3. The highest BCUT2D eigenvalue weighted by Crippen LogP contribution is 2.25. The number of benzene rings is 1. The Bertz CT molecular complexity index is 554. The number of nitrogens with one attached hydrogen (secondary N) is 1. The molecule has 5 heteroatoms. The summed E-state index contributed by atoms with van der Waals surface area (Å²) in [5, 5.41) is 0. The van der Waals surface area contributed by atoms with E-state index in [0.717, 1.165) is 37.9 Å². The Hall–Kier alpha value is -1.07. The summed E-state index contributed by atoms with van der Waals surface area (Å²) < 4.78 is 33.4. The Morgan fingerprint density at radius 1 is 1.18 bits per heavy atom. The zero-order chi connectivity index (χ0) is 16.0. The van der Waals surface area contributed by atoms with Gasteiger partial charge < -0.3 is 4.74 Å². The Kier molecular flexibility index (Phi) is 6.26. The quantitative estimate of drug-likeness (QED) is 0.777. The van der Waals surface area contributed by atoms with Gasteiger partial charge in [0, 0.05) is 6.04 Å². The molecule has 22 heavy (non-hydrogen) atoms. The molecule has 1 aliphatic carbocycles. The van der Waals surface area contributed by atoms with Crippen LogP contribution < -0.4 is 9.46 Å². The fraction of sp³-hybridized carbons (Fsp3) is 0.647. The maximum atomic E-state index is 12.5. The van der Waals surface area contributed by atoms with Gasteiger partial charge in [-0.05, 0) is 49.4 Å². The average Bonchev–Trinajstić information content (AvgIpc) is 2.50. The van der Waals surface area contributed by atoms with E-state index >= 15 is 0 Å². The first-order chi connectivity index (χ1) is 10.5. The van der Waals surface area contributed by atoms with Gasteiger partial charge in [-0.25, -0.2) is 13.1 Å². The molecule has 2 rings (SSSR count). The summed E-state index contributed by atoms with van der Waals surface area (Å²) >= 11 is 0. The topological polar surface area (TPSA) is 55.4 Å². The fourth-order valence-electron chi connectivity index (χ4n) is 2.81. The van der Waals surface area contributed by atoms with Crippen molar-refractivity contribution in [2.75, 3.05) is 6.61 Å². The van der Waals surface area contributed by atoms with Crippen LogP contribution in [0.4, 0.5) is 0 Å². The smallest absolute Gasteiger partial charge is 0.240 e. The first-order valence-electron chi connectivity index (χ1n) is 8.28. The second-order valence-corrected chi connectivity index (χ2v) is 7.88. The van der Waals surface area contributed by atoms with Gasteiger partial charge in [-0.1, -0.05) is 33.1 Å². The van der Waals surface area contributed by atoms with Crippen molar-refractivity contribution in [3.8, 4) is 5.75 Å². The van der Waals surface area contributed by atoms with E-state index in [1.807, 2.05) is 0 Å². The highest BCUT2D eigenvalue weighted by Gasteiger charge is 2.26. The second kappa shape index (κ2) is 7.97. The average molecular weight is 325 g/mol. The molecule has 0 spiro atoms. The van der Waals surface area contributed by atoms with Crippen LogP contribution in [0.25, 0.3) is 0 Å². The van der Waals surface area contributed by atoms with Gasteiger partial charge in [-0.2, -0.15) is 0 Å². The molecule has 1 fully saturated rings. The number of rotatable bonds is 7. The SMILES string of the molecule is CCCCOc1ccc(S(=O)(=O)NC2CCCCC2C)cc1. The molecule has 1 N–H and O–H groups in total. The second-order valence-electron chi connectivity index (χ2n) is 6.16. The molecule has 124 valence electrons. The summed E-state index contributed by atoms with van der Waals surface area (Å²) in [6, 6.07) is 6.76. The van der Waals surface area contributed by atoms with Gasteiger partial charge in [0.1, 0.15) is 5.75 Å². The lowest BCUT2D eigenvalue weighted by atomic mass is 9.87. The van der Waals surface area contributed by atoms with Crippen molar-refractivity contribution in [2.24, 2.45) is 5.92 Å². The van der Waals surface area contributed by atoms with Crippen LogP contribution in [0.15, 0.2) is 29.2 Å². The fourth-order valence-corrected chi connectivity index (χ4v) is 4.19. The lowest BCUT2D eigenvalue weighted by Gasteiger charge is -2.29.